The van der Waals surface area contributed by atoms with E-state index in [1.165, 1.54) is 0 Å². The molecule has 5 heteroatoms. The molecule has 1 aliphatic carbocycles. The first-order valence-corrected chi connectivity index (χ1v) is 8.77. The van der Waals surface area contributed by atoms with E-state index in [1.54, 1.807) is 7.11 Å². The molecule has 0 bridgehead atoms. The molecule has 2 rings (SSSR count). The van der Waals surface area contributed by atoms with E-state index in [0.717, 1.165) is 36.8 Å². The number of ether oxygens (including phenoxy) is 1. The van der Waals surface area contributed by atoms with Crippen molar-refractivity contribution in [1.29, 1.82) is 0 Å². The summed E-state index contributed by atoms with van der Waals surface area (Å²) in [4.78, 5) is 0. The van der Waals surface area contributed by atoms with Crippen molar-refractivity contribution < 1.29 is 13.2 Å². The van der Waals surface area contributed by atoms with E-state index in [0.29, 0.717) is 5.75 Å². The Kier molecular flexibility index (Phi) is 4.70. The van der Waals surface area contributed by atoms with Gasteiger partial charge < -0.3 is 10.5 Å². The Balaban J connectivity index is 2.19. The van der Waals surface area contributed by atoms with Gasteiger partial charge in [0, 0.05) is 11.6 Å². The Hall–Kier alpha value is -1.07. The van der Waals surface area contributed by atoms with E-state index in [2.05, 4.69) is 0 Å². The van der Waals surface area contributed by atoms with Crippen LogP contribution in [-0.4, -0.2) is 26.5 Å². The predicted octanol–water partition coefficient (Wildman–Crippen LogP) is 2.36. The van der Waals surface area contributed by atoms with E-state index in [9.17, 15) is 8.42 Å². The molecular weight excluding hydrogens is 274 g/mol. The molecule has 112 valence electrons. The largest absolute Gasteiger partial charge is 0.496 e. The Bertz CT molecular complexity index is 562. The second-order valence-corrected chi connectivity index (χ2v) is 7.91. The minimum atomic E-state index is -3.13. The normalized spacial score (nSPS) is 18.1. The number of hydrogen-bond donors (Lipinski definition) is 1. The first-order chi connectivity index (χ1) is 9.44. The Morgan fingerprint density at radius 2 is 2.00 bits per heavy atom. The van der Waals surface area contributed by atoms with Crippen LogP contribution in [0.3, 0.4) is 0 Å². The average Bonchev–Trinajstić information content (AvgIpc) is 2.92. The number of sulfone groups is 1. The molecule has 0 heterocycles. The molecule has 0 aromatic heterocycles. The monoisotopic (exact) mass is 297 g/mol. The Labute approximate surface area is 121 Å². The summed E-state index contributed by atoms with van der Waals surface area (Å²) in [6, 6.07) is 5.15. The van der Waals surface area contributed by atoms with Crippen molar-refractivity contribution in [2.75, 3.05) is 12.9 Å². The Morgan fingerprint density at radius 3 is 2.60 bits per heavy atom. The quantitative estimate of drug-likeness (QED) is 0.906. The molecule has 4 nitrogen and oxygen atoms in total. The maximum Gasteiger partial charge on any atom is 0.155 e. The van der Waals surface area contributed by atoms with Gasteiger partial charge in [0.1, 0.15) is 5.75 Å². The molecule has 20 heavy (non-hydrogen) atoms. The summed E-state index contributed by atoms with van der Waals surface area (Å²) in [5, 5.41) is -0.204. The van der Waals surface area contributed by atoms with Crippen molar-refractivity contribution in [3.8, 4) is 5.75 Å². The number of nitrogens with two attached hydrogens (primary N) is 1. The third kappa shape index (κ3) is 3.33. The van der Waals surface area contributed by atoms with Gasteiger partial charge in [-0.3, -0.25) is 0 Å². The molecular formula is C15H23NO3S. The van der Waals surface area contributed by atoms with Crippen LogP contribution in [0.1, 0.15) is 42.9 Å². The third-order valence-electron chi connectivity index (χ3n) is 4.01. The molecule has 0 radical (unpaired) electrons. The summed E-state index contributed by atoms with van der Waals surface area (Å²) in [6.07, 6.45) is 3.57. The lowest BCUT2D eigenvalue weighted by molar-refractivity contribution is 0.406. The lowest BCUT2D eigenvalue weighted by Crippen LogP contribution is -2.28. The molecule has 1 aromatic rings. The van der Waals surface area contributed by atoms with Crippen molar-refractivity contribution >= 4 is 9.84 Å². The fourth-order valence-electron chi connectivity index (χ4n) is 2.87. The summed E-state index contributed by atoms with van der Waals surface area (Å²) < 4.78 is 30.0. The maximum absolute atomic E-state index is 12.4. The minimum absolute atomic E-state index is 0.00250. The van der Waals surface area contributed by atoms with Crippen LogP contribution in [0.25, 0.3) is 0 Å². The van der Waals surface area contributed by atoms with E-state index in [1.807, 2.05) is 25.1 Å². The summed E-state index contributed by atoms with van der Waals surface area (Å²) in [7, 11) is -1.55. The van der Waals surface area contributed by atoms with Crippen molar-refractivity contribution in [1.82, 2.24) is 0 Å². The van der Waals surface area contributed by atoms with Gasteiger partial charge in [0.15, 0.2) is 9.84 Å². The van der Waals surface area contributed by atoms with E-state index >= 15 is 0 Å². The van der Waals surface area contributed by atoms with Gasteiger partial charge >= 0.3 is 0 Å². The number of hydrogen-bond acceptors (Lipinski definition) is 4. The summed E-state index contributed by atoms with van der Waals surface area (Å²) in [5.41, 5.74) is 7.96. The lowest BCUT2D eigenvalue weighted by Gasteiger charge is -2.19. The summed E-state index contributed by atoms with van der Waals surface area (Å²) in [5.74, 6) is 0.655. The fraction of sp³-hybridized carbons (Fsp3) is 0.600. The number of rotatable bonds is 5. The van der Waals surface area contributed by atoms with Gasteiger partial charge in [-0.25, -0.2) is 8.42 Å². The molecule has 1 unspecified atom stereocenters. The maximum atomic E-state index is 12.4. The zero-order valence-corrected chi connectivity index (χ0v) is 12.9. The van der Waals surface area contributed by atoms with E-state index in [4.69, 9.17) is 10.5 Å². The highest BCUT2D eigenvalue weighted by Gasteiger charge is 2.31. The molecule has 1 aliphatic rings. The van der Waals surface area contributed by atoms with Crippen LogP contribution >= 0.6 is 0 Å². The molecule has 0 amide bonds. The highest BCUT2D eigenvalue weighted by Crippen LogP contribution is 2.30. The van der Waals surface area contributed by atoms with E-state index < -0.39 is 15.9 Å². The van der Waals surface area contributed by atoms with Crippen LogP contribution in [0.2, 0.25) is 0 Å². The molecule has 1 aromatic carbocycles. The van der Waals surface area contributed by atoms with Gasteiger partial charge in [-0.1, -0.05) is 30.5 Å². The first-order valence-electron chi connectivity index (χ1n) is 7.05. The fourth-order valence-corrected chi connectivity index (χ4v) is 4.87. The molecule has 1 atom stereocenters. The lowest BCUT2D eigenvalue weighted by atomic mass is 10.1. The molecule has 1 saturated carbocycles. The van der Waals surface area contributed by atoms with Crippen LogP contribution < -0.4 is 10.5 Å². The second-order valence-electron chi connectivity index (χ2n) is 5.59. The van der Waals surface area contributed by atoms with Gasteiger partial charge in [-0.2, -0.15) is 0 Å². The van der Waals surface area contributed by atoms with Gasteiger partial charge in [0.2, 0.25) is 0 Å². The molecule has 2 N–H and O–H groups in total. The first kappa shape index (κ1) is 15.3. The molecule has 0 aliphatic heterocycles. The summed E-state index contributed by atoms with van der Waals surface area (Å²) in [6.45, 7) is 1.96. The SMILES string of the molecule is COc1ccc(C)cc1C(N)CS(=O)(=O)C1CCCC1. The van der Waals surface area contributed by atoms with Crippen LogP contribution in [-0.2, 0) is 9.84 Å². The van der Waals surface area contributed by atoms with Crippen molar-refractivity contribution in [2.24, 2.45) is 5.73 Å². The van der Waals surface area contributed by atoms with Crippen LogP contribution in [0.5, 0.6) is 5.75 Å². The smallest absolute Gasteiger partial charge is 0.155 e. The zero-order chi connectivity index (χ0) is 14.8. The van der Waals surface area contributed by atoms with Crippen LogP contribution in [0.15, 0.2) is 18.2 Å². The predicted molar refractivity (Wildman–Crippen MR) is 80.7 cm³/mol. The van der Waals surface area contributed by atoms with E-state index in [-0.39, 0.29) is 11.0 Å². The summed E-state index contributed by atoms with van der Waals surface area (Å²) >= 11 is 0. The van der Waals surface area contributed by atoms with Gasteiger partial charge in [-0.15, -0.1) is 0 Å². The minimum Gasteiger partial charge on any atom is -0.496 e. The standard InChI is InChI=1S/C15H23NO3S/c1-11-7-8-15(19-2)13(9-11)14(16)10-20(17,18)12-5-3-4-6-12/h7-9,12,14H,3-6,10,16H2,1-2H3. The molecule has 0 saturated heterocycles. The molecule has 1 fully saturated rings. The van der Waals surface area contributed by atoms with Crippen molar-refractivity contribution in [2.45, 2.75) is 43.9 Å². The van der Waals surface area contributed by atoms with Crippen molar-refractivity contribution in [3.05, 3.63) is 29.3 Å². The third-order valence-corrected chi connectivity index (χ3v) is 6.32. The average molecular weight is 297 g/mol. The number of aryl methyl sites for hydroxylation is 1. The van der Waals surface area contributed by atoms with Crippen molar-refractivity contribution in [3.63, 3.8) is 0 Å². The highest BCUT2D eigenvalue weighted by molar-refractivity contribution is 7.92. The van der Waals surface area contributed by atoms with Crippen LogP contribution in [0, 0.1) is 6.92 Å². The van der Waals surface area contributed by atoms with Gasteiger partial charge in [-0.05, 0) is 25.8 Å². The van der Waals surface area contributed by atoms with Crippen LogP contribution in [0.4, 0.5) is 0 Å². The van der Waals surface area contributed by atoms with Gasteiger partial charge in [0.25, 0.3) is 0 Å². The number of methoxy groups -OCH3 is 1. The molecule has 0 spiro atoms. The number of benzene rings is 1. The van der Waals surface area contributed by atoms with Gasteiger partial charge in [0.05, 0.1) is 18.1 Å². The zero-order valence-electron chi connectivity index (χ0n) is 12.1. The Morgan fingerprint density at radius 1 is 1.35 bits per heavy atom. The second kappa shape index (κ2) is 6.14. The topological polar surface area (TPSA) is 69.4 Å². The highest BCUT2D eigenvalue weighted by atomic mass is 32.2.